The molecule has 1 aromatic rings. The van der Waals surface area contributed by atoms with Crippen molar-refractivity contribution in [3.05, 3.63) is 29.8 Å². The van der Waals surface area contributed by atoms with E-state index in [1.165, 1.54) is 37.7 Å². The number of rotatable bonds is 2. The van der Waals surface area contributed by atoms with Gasteiger partial charge in [-0.3, -0.25) is 0 Å². The molecule has 0 unspecified atom stereocenters. The Bertz CT molecular complexity index is 357. The summed E-state index contributed by atoms with van der Waals surface area (Å²) in [5.74, 6) is 1.72. The van der Waals surface area contributed by atoms with Crippen LogP contribution >= 0.6 is 0 Å². The van der Waals surface area contributed by atoms with Crippen molar-refractivity contribution in [1.29, 1.82) is 0 Å². The highest BCUT2D eigenvalue weighted by atomic mass is 16.5. The second-order valence-corrected chi connectivity index (χ2v) is 5.22. The number of ether oxygens (including phenoxy) is 2. The number of hydrogen-bond donors (Lipinski definition) is 0. The molecule has 2 nitrogen and oxygen atoms in total. The van der Waals surface area contributed by atoms with Crippen LogP contribution in [0.3, 0.4) is 0 Å². The van der Waals surface area contributed by atoms with Crippen LogP contribution in [0.5, 0.6) is 5.75 Å². The van der Waals surface area contributed by atoms with E-state index < -0.39 is 0 Å². The van der Waals surface area contributed by atoms with Crippen LogP contribution < -0.4 is 4.74 Å². The van der Waals surface area contributed by atoms with E-state index >= 15 is 0 Å². The van der Waals surface area contributed by atoms with Crippen LogP contribution in [0.4, 0.5) is 0 Å². The van der Waals surface area contributed by atoms with Crippen molar-refractivity contribution in [1.82, 2.24) is 0 Å². The smallest absolute Gasteiger partial charge is 0.118 e. The van der Waals surface area contributed by atoms with Gasteiger partial charge in [-0.15, -0.1) is 0 Å². The third-order valence-corrected chi connectivity index (χ3v) is 4.18. The molecule has 0 bridgehead atoms. The van der Waals surface area contributed by atoms with E-state index in [0.29, 0.717) is 12.2 Å². The Morgan fingerprint density at radius 1 is 1.12 bits per heavy atom. The molecule has 1 aromatic carbocycles. The van der Waals surface area contributed by atoms with E-state index in [2.05, 4.69) is 12.1 Å². The molecule has 2 fully saturated rings. The van der Waals surface area contributed by atoms with Gasteiger partial charge in [0.05, 0.1) is 19.3 Å². The first-order valence-electron chi connectivity index (χ1n) is 6.66. The Labute approximate surface area is 103 Å². The molecule has 0 radical (unpaired) electrons. The van der Waals surface area contributed by atoms with Gasteiger partial charge in [0.15, 0.2) is 0 Å². The highest BCUT2D eigenvalue weighted by molar-refractivity contribution is 5.29. The maximum atomic E-state index is 6.18. The minimum absolute atomic E-state index is 0.314. The van der Waals surface area contributed by atoms with Gasteiger partial charge in [-0.25, -0.2) is 0 Å². The normalized spacial score (nSPS) is 32.2. The monoisotopic (exact) mass is 232 g/mol. The highest BCUT2D eigenvalue weighted by Gasteiger charge is 2.36. The average molecular weight is 232 g/mol. The summed E-state index contributed by atoms with van der Waals surface area (Å²) < 4.78 is 11.4. The molecule has 1 saturated carbocycles. The zero-order valence-corrected chi connectivity index (χ0v) is 10.4. The molecule has 0 amide bonds. The fourth-order valence-electron chi connectivity index (χ4n) is 3.20. The number of hydrogen-bond acceptors (Lipinski definition) is 2. The maximum absolute atomic E-state index is 6.18. The van der Waals surface area contributed by atoms with Crippen LogP contribution in [-0.4, -0.2) is 13.2 Å². The lowest BCUT2D eigenvalue weighted by atomic mass is 9.85. The van der Waals surface area contributed by atoms with Gasteiger partial charge in [0.1, 0.15) is 5.75 Å². The van der Waals surface area contributed by atoms with Crippen LogP contribution in [-0.2, 0) is 4.74 Å². The van der Waals surface area contributed by atoms with Gasteiger partial charge in [0.25, 0.3) is 0 Å². The molecule has 3 atom stereocenters. The molecule has 0 N–H and O–H groups in total. The summed E-state index contributed by atoms with van der Waals surface area (Å²) in [5.41, 5.74) is 1.31. The third kappa shape index (κ3) is 2.19. The molecule has 2 aliphatic rings. The van der Waals surface area contributed by atoms with Crippen molar-refractivity contribution in [2.24, 2.45) is 5.92 Å². The van der Waals surface area contributed by atoms with Crippen LogP contribution in [0.15, 0.2) is 24.3 Å². The summed E-state index contributed by atoms with van der Waals surface area (Å²) in [6.07, 6.45) is 7.40. The summed E-state index contributed by atoms with van der Waals surface area (Å²) in [7, 11) is 1.70. The highest BCUT2D eigenvalue weighted by Crippen LogP contribution is 2.43. The van der Waals surface area contributed by atoms with Crippen LogP contribution in [0.2, 0.25) is 0 Å². The van der Waals surface area contributed by atoms with E-state index in [1.807, 2.05) is 12.1 Å². The lowest BCUT2D eigenvalue weighted by molar-refractivity contribution is 0.0183. The van der Waals surface area contributed by atoms with E-state index in [4.69, 9.17) is 9.47 Å². The minimum Gasteiger partial charge on any atom is -0.497 e. The summed E-state index contributed by atoms with van der Waals surface area (Å²) in [5, 5.41) is 0. The first-order valence-corrected chi connectivity index (χ1v) is 6.66. The molecule has 0 aromatic heterocycles. The van der Waals surface area contributed by atoms with Gasteiger partial charge in [0.2, 0.25) is 0 Å². The van der Waals surface area contributed by atoms with E-state index in [-0.39, 0.29) is 0 Å². The Hall–Kier alpha value is -1.02. The first-order chi connectivity index (χ1) is 8.36. The van der Waals surface area contributed by atoms with Crippen molar-refractivity contribution in [3.63, 3.8) is 0 Å². The molecule has 1 heterocycles. The zero-order valence-electron chi connectivity index (χ0n) is 10.4. The third-order valence-electron chi connectivity index (χ3n) is 4.18. The summed E-state index contributed by atoms with van der Waals surface area (Å²) in [4.78, 5) is 0. The maximum Gasteiger partial charge on any atom is 0.118 e. The predicted molar refractivity (Wildman–Crippen MR) is 67.2 cm³/mol. The molecular formula is C15H20O2. The van der Waals surface area contributed by atoms with Crippen molar-refractivity contribution >= 4 is 0 Å². The molecule has 92 valence electrons. The second-order valence-electron chi connectivity index (χ2n) is 5.22. The number of fused-ring (bicyclic) bond motifs is 1. The van der Waals surface area contributed by atoms with E-state index in [1.54, 1.807) is 7.11 Å². The Morgan fingerprint density at radius 3 is 2.59 bits per heavy atom. The largest absolute Gasteiger partial charge is 0.497 e. The first kappa shape index (κ1) is 11.1. The summed E-state index contributed by atoms with van der Waals surface area (Å²) in [6.45, 7) is 0. The minimum atomic E-state index is 0.314. The molecule has 2 heteroatoms. The topological polar surface area (TPSA) is 18.5 Å². The van der Waals surface area contributed by atoms with Gasteiger partial charge < -0.3 is 9.47 Å². The molecular weight excluding hydrogens is 212 g/mol. The Balaban J connectivity index is 1.72. The van der Waals surface area contributed by atoms with Gasteiger partial charge >= 0.3 is 0 Å². The van der Waals surface area contributed by atoms with Gasteiger partial charge in [-0.1, -0.05) is 25.0 Å². The summed E-state index contributed by atoms with van der Waals surface area (Å²) >= 11 is 0. The number of benzene rings is 1. The van der Waals surface area contributed by atoms with Gasteiger partial charge in [-0.05, 0) is 42.9 Å². The SMILES string of the molecule is COc1ccc([C@H]2C[C@H]3CCCC[C@H]3O2)cc1. The average Bonchev–Trinajstić information content (AvgIpc) is 2.82. The lowest BCUT2D eigenvalue weighted by Gasteiger charge is -2.23. The molecule has 0 spiro atoms. The van der Waals surface area contributed by atoms with Crippen molar-refractivity contribution in [2.75, 3.05) is 7.11 Å². The van der Waals surface area contributed by atoms with E-state index in [0.717, 1.165) is 11.7 Å². The van der Waals surface area contributed by atoms with E-state index in [9.17, 15) is 0 Å². The Kier molecular flexibility index (Phi) is 3.06. The number of methoxy groups -OCH3 is 1. The van der Waals surface area contributed by atoms with Gasteiger partial charge in [-0.2, -0.15) is 0 Å². The van der Waals surface area contributed by atoms with Crippen LogP contribution in [0.25, 0.3) is 0 Å². The molecule has 1 aliphatic carbocycles. The predicted octanol–water partition coefficient (Wildman–Crippen LogP) is 3.72. The quantitative estimate of drug-likeness (QED) is 0.773. The van der Waals surface area contributed by atoms with Gasteiger partial charge in [0, 0.05) is 0 Å². The van der Waals surface area contributed by atoms with Crippen LogP contribution in [0, 0.1) is 5.92 Å². The van der Waals surface area contributed by atoms with Crippen molar-refractivity contribution < 1.29 is 9.47 Å². The standard InChI is InChI=1S/C15H20O2/c1-16-13-8-6-11(7-9-13)15-10-12-4-2-3-5-14(12)17-15/h6-9,12,14-15H,2-5,10H2,1H3/t12-,14-,15-/m1/s1. The Morgan fingerprint density at radius 2 is 1.88 bits per heavy atom. The fourth-order valence-corrected chi connectivity index (χ4v) is 3.20. The van der Waals surface area contributed by atoms with Crippen molar-refractivity contribution in [3.8, 4) is 5.75 Å². The van der Waals surface area contributed by atoms with Crippen molar-refractivity contribution in [2.45, 2.75) is 44.3 Å². The zero-order chi connectivity index (χ0) is 11.7. The molecule has 17 heavy (non-hydrogen) atoms. The lowest BCUT2D eigenvalue weighted by Crippen LogP contribution is -2.19. The fraction of sp³-hybridized carbons (Fsp3) is 0.600. The molecule has 1 saturated heterocycles. The molecule has 1 aliphatic heterocycles. The van der Waals surface area contributed by atoms with Crippen LogP contribution in [0.1, 0.15) is 43.8 Å². The summed E-state index contributed by atoms with van der Waals surface area (Å²) in [6, 6.07) is 8.34. The second kappa shape index (κ2) is 4.69. The molecule has 3 rings (SSSR count).